The number of amides is 1. The SMILES string of the molecule is CNC(=O)CCc1ccc(Cl)c(CNC2CC2)c1. The van der Waals surface area contributed by atoms with Crippen molar-refractivity contribution in [2.45, 2.75) is 38.3 Å². The Morgan fingerprint density at radius 1 is 1.44 bits per heavy atom. The van der Waals surface area contributed by atoms with Crippen LogP contribution >= 0.6 is 11.6 Å². The molecular formula is C14H19ClN2O. The molecule has 18 heavy (non-hydrogen) atoms. The first kappa shape index (κ1) is 13.4. The van der Waals surface area contributed by atoms with Gasteiger partial charge in [-0.25, -0.2) is 0 Å². The summed E-state index contributed by atoms with van der Waals surface area (Å²) in [5.41, 5.74) is 2.29. The molecule has 4 heteroatoms. The van der Waals surface area contributed by atoms with E-state index in [1.165, 1.54) is 12.8 Å². The number of halogens is 1. The van der Waals surface area contributed by atoms with Gasteiger partial charge in [-0.1, -0.05) is 23.7 Å². The van der Waals surface area contributed by atoms with Crippen molar-refractivity contribution < 1.29 is 4.79 Å². The molecule has 1 aliphatic rings. The van der Waals surface area contributed by atoms with Crippen molar-refractivity contribution in [3.63, 3.8) is 0 Å². The fraction of sp³-hybridized carbons (Fsp3) is 0.500. The molecule has 1 fully saturated rings. The van der Waals surface area contributed by atoms with Gasteiger partial charge >= 0.3 is 0 Å². The van der Waals surface area contributed by atoms with Crippen molar-refractivity contribution in [1.29, 1.82) is 0 Å². The standard InChI is InChI=1S/C14H19ClN2O/c1-16-14(18)7-3-10-2-6-13(15)11(8-10)9-17-12-4-5-12/h2,6,8,12,17H,3-5,7,9H2,1H3,(H,16,18). The van der Waals surface area contributed by atoms with Crippen LogP contribution in [0.15, 0.2) is 18.2 Å². The molecular weight excluding hydrogens is 248 g/mol. The summed E-state index contributed by atoms with van der Waals surface area (Å²) < 4.78 is 0. The van der Waals surface area contributed by atoms with Crippen LogP contribution in [0.25, 0.3) is 0 Å². The van der Waals surface area contributed by atoms with E-state index in [0.29, 0.717) is 12.5 Å². The second kappa shape index (κ2) is 6.21. The van der Waals surface area contributed by atoms with Crippen LogP contribution < -0.4 is 10.6 Å². The van der Waals surface area contributed by atoms with E-state index in [-0.39, 0.29) is 5.91 Å². The molecule has 0 unspecified atom stereocenters. The smallest absolute Gasteiger partial charge is 0.220 e. The highest BCUT2D eigenvalue weighted by Gasteiger charge is 2.20. The lowest BCUT2D eigenvalue weighted by Crippen LogP contribution is -2.18. The predicted molar refractivity (Wildman–Crippen MR) is 73.7 cm³/mol. The van der Waals surface area contributed by atoms with Gasteiger partial charge in [-0.15, -0.1) is 0 Å². The zero-order chi connectivity index (χ0) is 13.0. The molecule has 2 N–H and O–H groups in total. The zero-order valence-electron chi connectivity index (χ0n) is 10.6. The van der Waals surface area contributed by atoms with E-state index in [9.17, 15) is 4.79 Å². The Labute approximate surface area is 113 Å². The van der Waals surface area contributed by atoms with Crippen molar-refractivity contribution in [2.75, 3.05) is 7.05 Å². The van der Waals surface area contributed by atoms with Crippen molar-refractivity contribution in [3.05, 3.63) is 34.3 Å². The predicted octanol–water partition coefficient (Wildman–Crippen LogP) is 2.27. The van der Waals surface area contributed by atoms with Crippen molar-refractivity contribution >= 4 is 17.5 Å². The fourth-order valence-electron chi connectivity index (χ4n) is 1.84. The molecule has 2 rings (SSSR count). The zero-order valence-corrected chi connectivity index (χ0v) is 11.4. The molecule has 0 heterocycles. The van der Waals surface area contributed by atoms with E-state index in [4.69, 9.17) is 11.6 Å². The molecule has 0 radical (unpaired) electrons. The van der Waals surface area contributed by atoms with Gasteiger partial charge in [-0.05, 0) is 36.5 Å². The minimum Gasteiger partial charge on any atom is -0.359 e. The maximum absolute atomic E-state index is 11.2. The normalized spacial score (nSPS) is 14.6. The number of carbonyl (C=O) groups excluding carboxylic acids is 1. The summed E-state index contributed by atoms with van der Waals surface area (Å²) in [4.78, 5) is 11.2. The molecule has 1 aromatic rings. The highest BCUT2D eigenvalue weighted by Crippen LogP contribution is 2.22. The van der Waals surface area contributed by atoms with Gasteiger partial charge in [0, 0.05) is 31.1 Å². The van der Waals surface area contributed by atoms with E-state index in [2.05, 4.69) is 16.7 Å². The third kappa shape index (κ3) is 4.00. The molecule has 0 aliphatic heterocycles. The van der Waals surface area contributed by atoms with Gasteiger partial charge in [0.1, 0.15) is 0 Å². The lowest BCUT2D eigenvalue weighted by Gasteiger charge is -2.08. The van der Waals surface area contributed by atoms with E-state index >= 15 is 0 Å². The first-order valence-electron chi connectivity index (χ1n) is 6.40. The highest BCUT2D eigenvalue weighted by molar-refractivity contribution is 6.31. The number of hydrogen-bond donors (Lipinski definition) is 2. The Morgan fingerprint density at radius 3 is 2.89 bits per heavy atom. The number of nitrogens with one attached hydrogen (secondary N) is 2. The van der Waals surface area contributed by atoms with E-state index in [1.54, 1.807) is 7.05 Å². The monoisotopic (exact) mass is 266 g/mol. The lowest BCUT2D eigenvalue weighted by molar-refractivity contribution is -0.120. The van der Waals surface area contributed by atoms with Gasteiger partial charge < -0.3 is 10.6 Å². The molecule has 0 spiro atoms. The molecule has 3 nitrogen and oxygen atoms in total. The molecule has 98 valence electrons. The van der Waals surface area contributed by atoms with Crippen molar-refractivity contribution in [1.82, 2.24) is 10.6 Å². The Kier molecular flexibility index (Phi) is 4.61. The van der Waals surface area contributed by atoms with Crippen molar-refractivity contribution in [2.24, 2.45) is 0 Å². The van der Waals surface area contributed by atoms with Gasteiger partial charge in [0.15, 0.2) is 0 Å². The Hall–Kier alpha value is -1.06. The quantitative estimate of drug-likeness (QED) is 0.829. The molecule has 1 aliphatic carbocycles. The summed E-state index contributed by atoms with van der Waals surface area (Å²) in [6.07, 6.45) is 3.82. The first-order valence-corrected chi connectivity index (χ1v) is 6.78. The number of benzene rings is 1. The van der Waals surface area contributed by atoms with Crippen LogP contribution in [-0.2, 0) is 17.8 Å². The van der Waals surface area contributed by atoms with Gasteiger partial charge in [-0.3, -0.25) is 4.79 Å². The Morgan fingerprint density at radius 2 is 2.22 bits per heavy atom. The molecule has 1 amide bonds. The Bertz CT molecular complexity index is 430. The summed E-state index contributed by atoms with van der Waals surface area (Å²) in [5, 5.41) is 6.88. The van der Waals surface area contributed by atoms with Crippen LogP contribution in [0.5, 0.6) is 0 Å². The molecule has 1 saturated carbocycles. The van der Waals surface area contributed by atoms with Gasteiger partial charge in [0.05, 0.1) is 0 Å². The minimum atomic E-state index is 0.0719. The number of hydrogen-bond acceptors (Lipinski definition) is 2. The first-order chi connectivity index (χ1) is 8.69. The second-order valence-corrected chi connectivity index (χ2v) is 5.16. The third-order valence-corrected chi connectivity index (χ3v) is 3.56. The summed E-state index contributed by atoms with van der Waals surface area (Å²) >= 11 is 6.17. The summed E-state index contributed by atoms with van der Waals surface area (Å²) in [5.74, 6) is 0.0719. The van der Waals surface area contributed by atoms with Crippen LogP contribution in [0.1, 0.15) is 30.4 Å². The second-order valence-electron chi connectivity index (χ2n) is 4.75. The van der Waals surface area contributed by atoms with E-state index in [1.807, 2.05) is 12.1 Å². The van der Waals surface area contributed by atoms with Crippen LogP contribution in [0.3, 0.4) is 0 Å². The summed E-state index contributed by atoms with van der Waals surface area (Å²) in [6.45, 7) is 0.817. The minimum absolute atomic E-state index is 0.0719. The van der Waals surface area contributed by atoms with E-state index < -0.39 is 0 Å². The average Bonchev–Trinajstić information content (AvgIpc) is 3.19. The average molecular weight is 267 g/mol. The highest BCUT2D eigenvalue weighted by atomic mass is 35.5. The molecule has 0 aromatic heterocycles. The lowest BCUT2D eigenvalue weighted by atomic mass is 10.1. The van der Waals surface area contributed by atoms with Crippen LogP contribution in [0, 0.1) is 0 Å². The summed E-state index contributed by atoms with van der Waals surface area (Å²) in [6, 6.07) is 6.69. The number of carbonyl (C=O) groups is 1. The van der Waals surface area contributed by atoms with Crippen molar-refractivity contribution in [3.8, 4) is 0 Å². The molecule has 1 aromatic carbocycles. The Balaban J connectivity index is 1.93. The van der Waals surface area contributed by atoms with Gasteiger partial charge in [0.2, 0.25) is 5.91 Å². The maximum Gasteiger partial charge on any atom is 0.220 e. The van der Waals surface area contributed by atoms with Crippen LogP contribution in [0.4, 0.5) is 0 Å². The number of rotatable bonds is 6. The van der Waals surface area contributed by atoms with Gasteiger partial charge in [0.25, 0.3) is 0 Å². The largest absolute Gasteiger partial charge is 0.359 e. The maximum atomic E-state index is 11.2. The topological polar surface area (TPSA) is 41.1 Å². The third-order valence-electron chi connectivity index (χ3n) is 3.19. The number of aryl methyl sites for hydroxylation is 1. The molecule has 0 saturated heterocycles. The van der Waals surface area contributed by atoms with Crippen LogP contribution in [-0.4, -0.2) is 19.0 Å². The molecule has 0 atom stereocenters. The summed E-state index contributed by atoms with van der Waals surface area (Å²) in [7, 11) is 1.66. The molecule has 0 bridgehead atoms. The fourth-order valence-corrected chi connectivity index (χ4v) is 2.03. The van der Waals surface area contributed by atoms with E-state index in [0.717, 1.165) is 29.1 Å². The van der Waals surface area contributed by atoms with Gasteiger partial charge in [-0.2, -0.15) is 0 Å². The van der Waals surface area contributed by atoms with Crippen LogP contribution in [0.2, 0.25) is 5.02 Å².